The van der Waals surface area contributed by atoms with Crippen LogP contribution in [0.4, 0.5) is 0 Å². The van der Waals surface area contributed by atoms with Crippen LogP contribution in [0.1, 0.15) is 30.6 Å². The fourth-order valence-electron chi connectivity index (χ4n) is 1.77. The topological polar surface area (TPSA) is 61.7 Å². The molecule has 0 bridgehead atoms. The van der Waals surface area contributed by atoms with Crippen LogP contribution in [0.25, 0.3) is 10.8 Å². The molecule has 0 fully saturated rings. The molecule has 0 unspecified atom stereocenters. The van der Waals surface area contributed by atoms with Crippen molar-refractivity contribution in [3.8, 4) is 5.75 Å². The molecule has 0 spiro atoms. The Bertz CT molecular complexity index is 648. The van der Waals surface area contributed by atoms with Gasteiger partial charge in [-0.15, -0.1) is 0 Å². The maximum absolute atomic E-state index is 12.1. The number of amides is 1. The predicted molar refractivity (Wildman–Crippen MR) is 76.5 cm³/mol. The SMILES string of the molecule is CCC(C)=NNC(=O)c1cc(O)cc2ccccc12. The van der Waals surface area contributed by atoms with Crippen LogP contribution in [-0.4, -0.2) is 16.7 Å². The molecule has 1 amide bonds. The lowest BCUT2D eigenvalue weighted by Gasteiger charge is -2.06. The van der Waals surface area contributed by atoms with Crippen LogP contribution in [0.15, 0.2) is 41.5 Å². The summed E-state index contributed by atoms with van der Waals surface area (Å²) in [6.07, 6.45) is 0.779. The lowest BCUT2D eigenvalue weighted by atomic mass is 10.0. The fraction of sp³-hybridized carbons (Fsp3) is 0.200. The second-order valence-corrected chi connectivity index (χ2v) is 4.36. The standard InChI is InChI=1S/C15H16N2O2/c1-3-10(2)16-17-15(19)14-9-12(18)8-11-6-4-5-7-13(11)14/h4-9,18H,3H2,1-2H3,(H,17,19). The highest BCUT2D eigenvalue weighted by Crippen LogP contribution is 2.24. The monoisotopic (exact) mass is 256 g/mol. The van der Waals surface area contributed by atoms with Crippen molar-refractivity contribution >= 4 is 22.4 Å². The van der Waals surface area contributed by atoms with Gasteiger partial charge in [-0.3, -0.25) is 4.79 Å². The summed E-state index contributed by atoms with van der Waals surface area (Å²) in [6.45, 7) is 3.82. The van der Waals surface area contributed by atoms with E-state index in [-0.39, 0.29) is 11.7 Å². The second-order valence-electron chi connectivity index (χ2n) is 4.36. The quantitative estimate of drug-likeness (QED) is 0.655. The maximum Gasteiger partial charge on any atom is 0.272 e. The maximum atomic E-state index is 12.1. The van der Waals surface area contributed by atoms with Gasteiger partial charge in [0.1, 0.15) is 5.75 Å². The van der Waals surface area contributed by atoms with Crippen molar-refractivity contribution in [3.05, 3.63) is 42.0 Å². The average Bonchev–Trinajstić information content (AvgIpc) is 2.43. The van der Waals surface area contributed by atoms with Gasteiger partial charge in [0.05, 0.1) is 5.56 Å². The van der Waals surface area contributed by atoms with E-state index in [9.17, 15) is 9.90 Å². The van der Waals surface area contributed by atoms with Crippen LogP contribution in [0.5, 0.6) is 5.75 Å². The second kappa shape index (κ2) is 5.52. The minimum atomic E-state index is -0.320. The van der Waals surface area contributed by atoms with Crippen molar-refractivity contribution in [2.24, 2.45) is 5.10 Å². The number of aromatic hydroxyl groups is 1. The summed E-state index contributed by atoms with van der Waals surface area (Å²) in [4.78, 5) is 12.1. The van der Waals surface area contributed by atoms with E-state index in [0.717, 1.165) is 22.9 Å². The summed E-state index contributed by atoms with van der Waals surface area (Å²) in [5, 5.41) is 15.3. The van der Waals surface area contributed by atoms with Crippen molar-refractivity contribution in [1.29, 1.82) is 0 Å². The minimum absolute atomic E-state index is 0.0695. The van der Waals surface area contributed by atoms with Crippen molar-refractivity contribution in [1.82, 2.24) is 5.43 Å². The molecule has 0 aliphatic heterocycles. The van der Waals surface area contributed by atoms with Crippen molar-refractivity contribution in [2.45, 2.75) is 20.3 Å². The van der Waals surface area contributed by atoms with E-state index in [4.69, 9.17) is 0 Å². The van der Waals surface area contributed by atoms with E-state index in [2.05, 4.69) is 10.5 Å². The van der Waals surface area contributed by atoms with Gasteiger partial charge >= 0.3 is 0 Å². The van der Waals surface area contributed by atoms with Gasteiger partial charge in [0, 0.05) is 5.71 Å². The summed E-state index contributed by atoms with van der Waals surface area (Å²) in [6, 6.07) is 10.5. The highest BCUT2D eigenvalue weighted by Gasteiger charge is 2.11. The number of hydrazone groups is 1. The van der Waals surface area contributed by atoms with Crippen LogP contribution < -0.4 is 5.43 Å². The van der Waals surface area contributed by atoms with E-state index >= 15 is 0 Å². The number of nitrogens with one attached hydrogen (secondary N) is 1. The molecule has 0 saturated heterocycles. The fourth-order valence-corrected chi connectivity index (χ4v) is 1.77. The Morgan fingerprint density at radius 3 is 2.79 bits per heavy atom. The average molecular weight is 256 g/mol. The number of phenolic OH excluding ortho intramolecular Hbond substituents is 1. The predicted octanol–water partition coefficient (Wildman–Crippen LogP) is 3.06. The largest absolute Gasteiger partial charge is 0.508 e. The van der Waals surface area contributed by atoms with Gasteiger partial charge in [0.2, 0.25) is 0 Å². The number of fused-ring (bicyclic) bond motifs is 1. The van der Waals surface area contributed by atoms with Gasteiger partial charge in [-0.1, -0.05) is 31.2 Å². The van der Waals surface area contributed by atoms with E-state index in [1.54, 1.807) is 6.07 Å². The Balaban J connectivity index is 2.41. The summed E-state index contributed by atoms with van der Waals surface area (Å²) in [5.74, 6) is -0.250. The third kappa shape index (κ3) is 2.91. The zero-order valence-electron chi connectivity index (χ0n) is 11.0. The number of carbonyl (C=O) groups excluding carboxylic acids is 1. The Morgan fingerprint density at radius 1 is 1.32 bits per heavy atom. The lowest BCUT2D eigenvalue weighted by molar-refractivity contribution is 0.0956. The van der Waals surface area contributed by atoms with Gasteiger partial charge in [-0.2, -0.15) is 5.10 Å². The smallest absolute Gasteiger partial charge is 0.272 e. The molecule has 2 rings (SSSR count). The van der Waals surface area contributed by atoms with Crippen molar-refractivity contribution in [3.63, 3.8) is 0 Å². The number of carbonyl (C=O) groups is 1. The molecule has 0 radical (unpaired) electrons. The Hall–Kier alpha value is -2.36. The van der Waals surface area contributed by atoms with Gasteiger partial charge in [-0.05, 0) is 36.2 Å². The Labute approximate surface area is 111 Å². The first kappa shape index (κ1) is 13.1. The molecule has 19 heavy (non-hydrogen) atoms. The summed E-state index contributed by atoms with van der Waals surface area (Å²) in [7, 11) is 0. The number of phenols is 1. The molecule has 4 nitrogen and oxygen atoms in total. The van der Waals surface area contributed by atoms with Gasteiger partial charge in [-0.25, -0.2) is 5.43 Å². The molecule has 0 heterocycles. The highest BCUT2D eigenvalue weighted by atomic mass is 16.3. The van der Waals surface area contributed by atoms with Crippen LogP contribution in [0.3, 0.4) is 0 Å². The van der Waals surface area contributed by atoms with Crippen LogP contribution >= 0.6 is 0 Å². The molecule has 2 aromatic carbocycles. The van der Waals surface area contributed by atoms with E-state index in [1.165, 1.54) is 6.07 Å². The molecule has 0 atom stereocenters. The molecule has 2 aromatic rings. The van der Waals surface area contributed by atoms with E-state index in [1.807, 2.05) is 38.1 Å². The van der Waals surface area contributed by atoms with Crippen LogP contribution in [0, 0.1) is 0 Å². The molecule has 4 heteroatoms. The Morgan fingerprint density at radius 2 is 2.05 bits per heavy atom. The van der Waals surface area contributed by atoms with Crippen LogP contribution in [0.2, 0.25) is 0 Å². The molecule has 98 valence electrons. The third-order valence-electron chi connectivity index (χ3n) is 2.95. The number of hydrogen-bond donors (Lipinski definition) is 2. The Kier molecular flexibility index (Phi) is 3.80. The number of nitrogens with zero attached hydrogens (tertiary/aromatic N) is 1. The molecule has 0 aliphatic rings. The summed E-state index contributed by atoms with van der Waals surface area (Å²) >= 11 is 0. The first-order valence-electron chi connectivity index (χ1n) is 6.17. The zero-order chi connectivity index (χ0) is 13.8. The highest BCUT2D eigenvalue weighted by molar-refractivity contribution is 6.07. The van der Waals surface area contributed by atoms with Gasteiger partial charge in [0.15, 0.2) is 0 Å². The molecule has 2 N–H and O–H groups in total. The van der Waals surface area contributed by atoms with Crippen molar-refractivity contribution < 1.29 is 9.90 Å². The summed E-state index contributed by atoms with van der Waals surface area (Å²) < 4.78 is 0. The lowest BCUT2D eigenvalue weighted by Crippen LogP contribution is -2.19. The first-order chi connectivity index (χ1) is 9.11. The molecular weight excluding hydrogens is 240 g/mol. The molecule has 0 saturated carbocycles. The van der Waals surface area contributed by atoms with Crippen molar-refractivity contribution in [2.75, 3.05) is 0 Å². The van der Waals surface area contributed by atoms with Gasteiger partial charge < -0.3 is 5.11 Å². The third-order valence-corrected chi connectivity index (χ3v) is 2.95. The first-order valence-corrected chi connectivity index (χ1v) is 6.17. The number of benzene rings is 2. The molecule has 0 aliphatic carbocycles. The molecular formula is C15H16N2O2. The minimum Gasteiger partial charge on any atom is -0.508 e. The summed E-state index contributed by atoms with van der Waals surface area (Å²) in [5.41, 5.74) is 3.77. The van der Waals surface area contributed by atoms with E-state index in [0.29, 0.717) is 5.56 Å². The van der Waals surface area contributed by atoms with Gasteiger partial charge in [0.25, 0.3) is 5.91 Å². The number of hydrogen-bond acceptors (Lipinski definition) is 3. The zero-order valence-corrected chi connectivity index (χ0v) is 11.0. The normalized spacial score (nSPS) is 11.6. The van der Waals surface area contributed by atoms with E-state index < -0.39 is 0 Å². The number of rotatable bonds is 3. The van der Waals surface area contributed by atoms with Crippen LogP contribution in [-0.2, 0) is 0 Å². The molecule has 0 aromatic heterocycles.